The minimum atomic E-state index is 0. The van der Waals surface area contributed by atoms with Crippen LogP contribution < -0.4 is 12.3 Å². The van der Waals surface area contributed by atoms with Gasteiger partial charge in [-0.3, -0.25) is 0 Å². The van der Waals surface area contributed by atoms with E-state index in [1.165, 1.54) is 0 Å². The first kappa shape index (κ1) is 15.7. The molecule has 0 unspecified atom stereocenters. The van der Waals surface area contributed by atoms with E-state index in [1.807, 2.05) is 12.1 Å². The molecule has 8 heavy (non-hydrogen) atoms. The minimum absolute atomic E-state index is 0. The Morgan fingerprint density at radius 2 is 1.25 bits per heavy atom. The molecule has 1 aromatic rings. The van der Waals surface area contributed by atoms with Gasteiger partial charge in [0.15, 0.2) is 0 Å². The van der Waals surface area contributed by atoms with Crippen molar-refractivity contribution >= 4 is 0 Å². The zero-order valence-electron chi connectivity index (χ0n) is 4.02. The molecule has 0 atom stereocenters. The van der Waals surface area contributed by atoms with Crippen molar-refractivity contribution in [3.05, 3.63) is 24.7 Å². The molecule has 8 radical (unpaired) electrons. The van der Waals surface area contributed by atoms with Crippen molar-refractivity contribution in [2.75, 3.05) is 0 Å². The second-order valence-corrected chi connectivity index (χ2v) is 0.793. The Morgan fingerprint density at radius 3 is 1.38 bits per heavy atom. The van der Waals surface area contributed by atoms with Crippen molar-refractivity contribution < 1.29 is 9.89 Å². The fourth-order valence-corrected chi connectivity index (χ4v) is 0.227. The minimum Gasteiger partial charge on any atom is -0.473 e. The van der Waals surface area contributed by atoms with E-state index >= 15 is 0 Å². The Balaban J connectivity index is -0.0000000833. The topological polar surface area (TPSA) is 103 Å². The monoisotopic (exact) mass is 112 g/mol. The zero-order chi connectivity index (χ0) is 3.54. The highest BCUT2D eigenvalue weighted by atomic mass is 16.3. The highest BCUT2D eigenvalue weighted by Crippen LogP contribution is 1.79. The van der Waals surface area contributed by atoms with Crippen LogP contribution in [0.15, 0.2) is 29.1 Å². The Kier molecular flexibility index (Phi) is 18.6. The smallest absolute Gasteiger partial charge is 0.0902 e. The van der Waals surface area contributed by atoms with E-state index in [9.17, 15) is 0 Å². The third-order valence-electron chi connectivity index (χ3n) is 0.425. The lowest BCUT2D eigenvalue weighted by atomic mass is 10.7. The molecule has 1 heterocycles. The van der Waals surface area contributed by atoms with Gasteiger partial charge in [-0.05, 0) is 12.1 Å². The fourth-order valence-electron chi connectivity index (χ4n) is 0.227. The lowest BCUT2D eigenvalue weighted by Gasteiger charge is -1.50. The summed E-state index contributed by atoms with van der Waals surface area (Å²) in [6, 6.07) is 3.67. The van der Waals surface area contributed by atoms with Crippen LogP contribution >= 0.6 is 0 Å². The first-order valence-electron chi connectivity index (χ1n) is 1.47. The van der Waals surface area contributed by atoms with Crippen molar-refractivity contribution in [2.45, 2.75) is 0 Å². The van der Waals surface area contributed by atoms with Crippen LogP contribution in [-0.2, 0) is 5.48 Å². The summed E-state index contributed by atoms with van der Waals surface area (Å²) in [6.45, 7) is 0. The van der Waals surface area contributed by atoms with E-state index in [2.05, 4.69) is 4.42 Å². The van der Waals surface area contributed by atoms with Crippen LogP contribution in [0, 0.1) is 0 Å². The van der Waals surface area contributed by atoms with Gasteiger partial charge in [-0.1, -0.05) is 0 Å². The first-order valence-corrected chi connectivity index (χ1v) is 1.47. The maximum atomic E-state index is 4.58. The molecule has 1 aromatic heterocycles. The zero-order valence-corrected chi connectivity index (χ0v) is 4.02. The fraction of sp³-hybridized carbons (Fsp3) is 0. The summed E-state index contributed by atoms with van der Waals surface area (Å²) in [5, 5.41) is 0. The lowest BCUT2D eigenvalue weighted by Crippen LogP contribution is -1.16. The van der Waals surface area contributed by atoms with Crippen LogP contribution in [0.5, 0.6) is 0 Å². The second kappa shape index (κ2) is 9.48. The number of furan rings is 1. The quantitative estimate of drug-likeness (QED) is 0.470. The third kappa shape index (κ3) is 5.16. The Bertz CT molecular complexity index is 68.5. The molecule has 4 nitrogen and oxygen atoms in total. The SMILES string of the molecule is [N].[N].[O].c1ccoc1. The highest BCUT2D eigenvalue weighted by molar-refractivity contribution is 4.79. The molecule has 0 spiro atoms. The molecule has 0 aliphatic rings. The van der Waals surface area contributed by atoms with Crippen LogP contribution in [0.2, 0.25) is 0 Å². The summed E-state index contributed by atoms with van der Waals surface area (Å²) in [5.41, 5.74) is 0. The van der Waals surface area contributed by atoms with Crippen molar-refractivity contribution in [3.8, 4) is 0 Å². The van der Waals surface area contributed by atoms with Gasteiger partial charge in [-0.15, -0.1) is 0 Å². The van der Waals surface area contributed by atoms with Crippen molar-refractivity contribution in [1.29, 1.82) is 0 Å². The van der Waals surface area contributed by atoms with Crippen LogP contribution in [0.3, 0.4) is 0 Å². The maximum absolute atomic E-state index is 4.58. The van der Waals surface area contributed by atoms with E-state index in [4.69, 9.17) is 0 Å². The van der Waals surface area contributed by atoms with Gasteiger partial charge in [0.1, 0.15) is 0 Å². The molecule has 0 fully saturated rings. The summed E-state index contributed by atoms with van der Waals surface area (Å²) in [7, 11) is 0. The second-order valence-electron chi connectivity index (χ2n) is 0.793. The summed E-state index contributed by atoms with van der Waals surface area (Å²) >= 11 is 0. The molecule has 0 aromatic carbocycles. The Labute approximate surface area is 48.0 Å². The molecule has 0 N–H and O–H groups in total. The van der Waals surface area contributed by atoms with E-state index < -0.39 is 0 Å². The first-order chi connectivity index (χ1) is 2.50. The van der Waals surface area contributed by atoms with Gasteiger partial charge in [-0.2, -0.15) is 0 Å². The number of rotatable bonds is 0. The van der Waals surface area contributed by atoms with Gasteiger partial charge in [0.2, 0.25) is 0 Å². The molecule has 0 aliphatic heterocycles. The van der Waals surface area contributed by atoms with Gasteiger partial charge in [0.25, 0.3) is 0 Å². The molecule has 0 saturated carbocycles. The molecular weight excluding hydrogens is 108 g/mol. The van der Waals surface area contributed by atoms with Crippen molar-refractivity contribution in [1.82, 2.24) is 12.3 Å². The van der Waals surface area contributed by atoms with E-state index in [1.54, 1.807) is 12.5 Å². The molecule has 4 heteroatoms. The average Bonchev–Trinajstić information content (AvgIpc) is 1.76. The number of hydrogen-bond acceptors (Lipinski definition) is 1. The van der Waals surface area contributed by atoms with Crippen molar-refractivity contribution in [3.63, 3.8) is 0 Å². The summed E-state index contributed by atoms with van der Waals surface area (Å²) in [4.78, 5) is 0. The standard InChI is InChI=1S/C4H4O.2N.O/c1-2-4-5-3-1;;;/h1-4H;;;. The summed E-state index contributed by atoms with van der Waals surface area (Å²) in [6.07, 6.45) is 3.25. The van der Waals surface area contributed by atoms with Gasteiger partial charge in [0, 0.05) is 17.8 Å². The number of hydrogen-bond donors (Lipinski definition) is 0. The highest BCUT2D eigenvalue weighted by Gasteiger charge is 1.58. The van der Waals surface area contributed by atoms with Crippen molar-refractivity contribution in [2.24, 2.45) is 0 Å². The predicted octanol–water partition coefficient (Wildman–Crippen LogP) is 0.200. The molecule has 1 rings (SSSR count). The molecular formula is C4H4N2O2. The normalized spacial score (nSPS) is 5.00. The van der Waals surface area contributed by atoms with E-state index in [0.717, 1.165) is 0 Å². The molecule has 0 amide bonds. The number of nitrogens with zero attached hydrogens (tertiary/aromatic N) is 2. The van der Waals surface area contributed by atoms with E-state index in [-0.39, 0.29) is 17.8 Å². The van der Waals surface area contributed by atoms with Crippen LogP contribution in [-0.4, -0.2) is 0 Å². The average molecular weight is 112 g/mol. The van der Waals surface area contributed by atoms with Gasteiger partial charge < -0.3 is 4.42 Å². The Morgan fingerprint density at radius 1 is 0.875 bits per heavy atom. The molecule has 42 valence electrons. The third-order valence-corrected chi connectivity index (χ3v) is 0.425. The molecule has 0 aliphatic carbocycles. The molecule has 0 saturated heterocycles. The lowest BCUT2D eigenvalue weighted by molar-refractivity contribution is 0.567. The van der Waals surface area contributed by atoms with Gasteiger partial charge in [-0.25, -0.2) is 0 Å². The van der Waals surface area contributed by atoms with Gasteiger partial charge in [0.05, 0.1) is 12.5 Å². The predicted molar refractivity (Wildman–Crippen MR) is 23.7 cm³/mol. The van der Waals surface area contributed by atoms with E-state index in [0.29, 0.717) is 0 Å². The maximum Gasteiger partial charge on any atom is 0.0902 e. The van der Waals surface area contributed by atoms with Crippen LogP contribution in [0.4, 0.5) is 0 Å². The largest absolute Gasteiger partial charge is 0.473 e. The van der Waals surface area contributed by atoms with Crippen LogP contribution in [0.25, 0.3) is 0 Å². The van der Waals surface area contributed by atoms with Crippen LogP contribution in [0.1, 0.15) is 0 Å². The summed E-state index contributed by atoms with van der Waals surface area (Å²) < 4.78 is 4.58. The summed E-state index contributed by atoms with van der Waals surface area (Å²) in [5.74, 6) is 0. The molecule has 0 bridgehead atoms. The van der Waals surface area contributed by atoms with Gasteiger partial charge >= 0.3 is 0 Å². The Hall–Kier alpha value is -0.840.